The normalized spacial score (nSPS) is 10.3. The zero-order chi connectivity index (χ0) is 12.3. The number of hydrogen-bond acceptors (Lipinski definition) is 1. The molecule has 0 radical (unpaired) electrons. The van der Waals surface area contributed by atoms with Gasteiger partial charge in [0.05, 0.1) is 11.6 Å². The quantitative estimate of drug-likeness (QED) is 0.798. The molecule has 0 atom stereocenters. The van der Waals surface area contributed by atoms with Crippen LogP contribution in [0.15, 0.2) is 46.9 Å². The Kier molecular flexibility index (Phi) is 4.08. The summed E-state index contributed by atoms with van der Waals surface area (Å²) < 4.78 is 6.13. The van der Waals surface area contributed by atoms with Crippen LogP contribution in [0, 0.1) is 0 Å². The van der Waals surface area contributed by atoms with Crippen LogP contribution in [0.1, 0.15) is 11.1 Å². The summed E-state index contributed by atoms with van der Waals surface area (Å²) >= 11 is 9.70. The Labute approximate surface area is 115 Å². The standard InChI is InChI=1S/C14H12BrClO/c1-17-14-9-13(16)11(8-12(14)15)7-10-5-3-2-4-6-10/h2-6,8-9H,7H2,1H3. The van der Waals surface area contributed by atoms with Crippen molar-refractivity contribution >= 4 is 27.5 Å². The lowest BCUT2D eigenvalue weighted by atomic mass is 10.1. The van der Waals surface area contributed by atoms with Gasteiger partial charge in [0, 0.05) is 11.1 Å². The van der Waals surface area contributed by atoms with E-state index in [0.717, 1.165) is 27.2 Å². The van der Waals surface area contributed by atoms with E-state index in [1.165, 1.54) is 5.56 Å². The summed E-state index contributed by atoms with van der Waals surface area (Å²) in [5, 5.41) is 0.730. The fourth-order valence-electron chi connectivity index (χ4n) is 1.68. The lowest BCUT2D eigenvalue weighted by Crippen LogP contribution is -1.92. The van der Waals surface area contributed by atoms with Crippen LogP contribution in [0.2, 0.25) is 5.02 Å². The molecule has 1 nitrogen and oxygen atoms in total. The van der Waals surface area contributed by atoms with E-state index in [1.54, 1.807) is 7.11 Å². The third-order valence-corrected chi connectivity index (χ3v) is 3.53. The van der Waals surface area contributed by atoms with Crippen LogP contribution in [0.25, 0.3) is 0 Å². The Morgan fingerprint density at radius 2 is 1.88 bits per heavy atom. The van der Waals surface area contributed by atoms with Gasteiger partial charge in [-0.3, -0.25) is 0 Å². The molecule has 2 aromatic carbocycles. The van der Waals surface area contributed by atoms with Crippen LogP contribution < -0.4 is 4.74 Å². The zero-order valence-electron chi connectivity index (χ0n) is 9.41. The van der Waals surface area contributed by atoms with Crippen LogP contribution in [-0.4, -0.2) is 7.11 Å². The molecule has 0 bridgehead atoms. The van der Waals surface area contributed by atoms with Gasteiger partial charge >= 0.3 is 0 Å². The highest BCUT2D eigenvalue weighted by molar-refractivity contribution is 9.10. The number of halogens is 2. The minimum absolute atomic E-state index is 0.730. The fraction of sp³-hybridized carbons (Fsp3) is 0.143. The second kappa shape index (κ2) is 5.56. The largest absolute Gasteiger partial charge is 0.496 e. The first-order valence-corrected chi connectivity index (χ1v) is 6.43. The molecule has 88 valence electrons. The molecule has 0 aliphatic carbocycles. The molecule has 17 heavy (non-hydrogen) atoms. The lowest BCUT2D eigenvalue weighted by molar-refractivity contribution is 0.412. The minimum atomic E-state index is 0.730. The highest BCUT2D eigenvalue weighted by atomic mass is 79.9. The van der Waals surface area contributed by atoms with E-state index in [2.05, 4.69) is 28.1 Å². The Hall–Kier alpha value is -0.990. The van der Waals surface area contributed by atoms with Crippen molar-refractivity contribution < 1.29 is 4.74 Å². The third-order valence-electron chi connectivity index (χ3n) is 2.56. The van der Waals surface area contributed by atoms with E-state index in [4.69, 9.17) is 16.3 Å². The van der Waals surface area contributed by atoms with E-state index in [-0.39, 0.29) is 0 Å². The van der Waals surface area contributed by atoms with Gasteiger partial charge in [0.1, 0.15) is 5.75 Å². The minimum Gasteiger partial charge on any atom is -0.496 e. The highest BCUT2D eigenvalue weighted by Gasteiger charge is 2.07. The van der Waals surface area contributed by atoms with Crippen molar-refractivity contribution in [3.05, 3.63) is 63.1 Å². The first-order valence-electron chi connectivity index (χ1n) is 5.26. The van der Waals surface area contributed by atoms with Crippen molar-refractivity contribution in [2.24, 2.45) is 0 Å². The van der Waals surface area contributed by atoms with Crippen molar-refractivity contribution in [1.29, 1.82) is 0 Å². The number of methoxy groups -OCH3 is 1. The Morgan fingerprint density at radius 3 is 2.53 bits per heavy atom. The van der Waals surface area contributed by atoms with Crippen molar-refractivity contribution in [2.75, 3.05) is 7.11 Å². The van der Waals surface area contributed by atoms with E-state index >= 15 is 0 Å². The summed E-state index contributed by atoms with van der Waals surface area (Å²) in [6.07, 6.45) is 0.822. The summed E-state index contributed by atoms with van der Waals surface area (Å²) in [4.78, 5) is 0. The van der Waals surface area contributed by atoms with Crippen LogP contribution in [0.4, 0.5) is 0 Å². The monoisotopic (exact) mass is 310 g/mol. The maximum absolute atomic E-state index is 6.23. The lowest BCUT2D eigenvalue weighted by Gasteiger charge is -2.09. The van der Waals surface area contributed by atoms with Gasteiger partial charge in [-0.1, -0.05) is 41.9 Å². The average molecular weight is 312 g/mol. The van der Waals surface area contributed by atoms with E-state index in [9.17, 15) is 0 Å². The van der Waals surface area contributed by atoms with Crippen molar-refractivity contribution in [3.8, 4) is 5.75 Å². The van der Waals surface area contributed by atoms with Crippen molar-refractivity contribution in [3.63, 3.8) is 0 Å². The van der Waals surface area contributed by atoms with E-state index in [0.29, 0.717) is 0 Å². The van der Waals surface area contributed by atoms with Gasteiger partial charge in [0.25, 0.3) is 0 Å². The van der Waals surface area contributed by atoms with Gasteiger partial charge in [-0.25, -0.2) is 0 Å². The number of rotatable bonds is 3. The first kappa shape index (κ1) is 12.5. The summed E-state index contributed by atoms with van der Waals surface area (Å²) in [6.45, 7) is 0. The second-order valence-electron chi connectivity index (χ2n) is 3.74. The number of ether oxygens (including phenoxy) is 1. The molecule has 0 unspecified atom stereocenters. The third kappa shape index (κ3) is 3.02. The predicted molar refractivity (Wildman–Crippen MR) is 75.0 cm³/mol. The predicted octanol–water partition coefficient (Wildman–Crippen LogP) is 4.70. The molecule has 0 aromatic heterocycles. The molecule has 0 spiro atoms. The molecule has 2 aromatic rings. The fourth-order valence-corrected chi connectivity index (χ4v) is 2.45. The van der Waals surface area contributed by atoms with Crippen molar-refractivity contribution in [1.82, 2.24) is 0 Å². The van der Waals surface area contributed by atoms with Crippen molar-refractivity contribution in [2.45, 2.75) is 6.42 Å². The molecular formula is C14H12BrClO. The van der Waals surface area contributed by atoms with Gasteiger partial charge in [-0.15, -0.1) is 0 Å². The maximum atomic E-state index is 6.23. The van der Waals surface area contributed by atoms with Gasteiger partial charge in [0.2, 0.25) is 0 Å². The average Bonchev–Trinajstić information content (AvgIpc) is 2.34. The second-order valence-corrected chi connectivity index (χ2v) is 5.00. The van der Waals surface area contributed by atoms with Gasteiger partial charge < -0.3 is 4.74 Å². The molecule has 2 rings (SSSR count). The van der Waals surface area contributed by atoms with Crippen LogP contribution in [-0.2, 0) is 6.42 Å². The summed E-state index contributed by atoms with van der Waals surface area (Å²) in [5.74, 6) is 0.756. The first-order chi connectivity index (χ1) is 8.20. The molecular weight excluding hydrogens is 300 g/mol. The van der Waals surface area contributed by atoms with Crippen LogP contribution in [0.3, 0.4) is 0 Å². The zero-order valence-corrected chi connectivity index (χ0v) is 11.8. The Bertz CT molecular complexity index is 511. The Morgan fingerprint density at radius 1 is 1.18 bits per heavy atom. The van der Waals surface area contributed by atoms with Gasteiger partial charge in [0.15, 0.2) is 0 Å². The Balaban J connectivity index is 2.31. The molecule has 0 N–H and O–H groups in total. The molecule has 0 aliphatic rings. The summed E-state index contributed by atoms with van der Waals surface area (Å²) in [6, 6.07) is 14.1. The van der Waals surface area contributed by atoms with Crippen LogP contribution in [0.5, 0.6) is 5.75 Å². The molecule has 0 fully saturated rings. The molecule has 0 amide bonds. The van der Waals surface area contributed by atoms with E-state index in [1.807, 2.05) is 30.3 Å². The van der Waals surface area contributed by atoms with Gasteiger partial charge in [-0.05, 0) is 39.5 Å². The SMILES string of the molecule is COc1cc(Cl)c(Cc2ccccc2)cc1Br. The smallest absolute Gasteiger partial charge is 0.134 e. The van der Waals surface area contributed by atoms with E-state index < -0.39 is 0 Å². The maximum Gasteiger partial charge on any atom is 0.134 e. The van der Waals surface area contributed by atoms with Gasteiger partial charge in [-0.2, -0.15) is 0 Å². The number of benzene rings is 2. The summed E-state index contributed by atoms with van der Waals surface area (Å²) in [5.41, 5.74) is 2.33. The molecule has 3 heteroatoms. The number of hydrogen-bond donors (Lipinski definition) is 0. The molecule has 0 aliphatic heterocycles. The highest BCUT2D eigenvalue weighted by Crippen LogP contribution is 2.32. The topological polar surface area (TPSA) is 9.23 Å². The van der Waals surface area contributed by atoms with Crippen LogP contribution >= 0.6 is 27.5 Å². The summed E-state index contributed by atoms with van der Waals surface area (Å²) in [7, 11) is 1.63. The molecule has 0 saturated carbocycles. The molecule has 0 saturated heterocycles. The molecule has 0 heterocycles.